The SMILES string of the molecule is O=C(CN(CCO)C1CC1)c1c[nH]c2ccccc12. The van der Waals surface area contributed by atoms with E-state index in [-0.39, 0.29) is 12.4 Å². The van der Waals surface area contributed by atoms with Crippen LogP contribution in [0.15, 0.2) is 30.5 Å². The third-order valence-corrected chi connectivity index (χ3v) is 3.69. The predicted molar refractivity (Wildman–Crippen MR) is 74.3 cm³/mol. The number of benzene rings is 1. The van der Waals surface area contributed by atoms with Gasteiger partial charge in [-0.2, -0.15) is 0 Å². The summed E-state index contributed by atoms with van der Waals surface area (Å²) in [6.07, 6.45) is 4.07. The number of aromatic nitrogens is 1. The summed E-state index contributed by atoms with van der Waals surface area (Å²) < 4.78 is 0. The van der Waals surface area contributed by atoms with E-state index in [4.69, 9.17) is 5.11 Å². The minimum Gasteiger partial charge on any atom is -0.395 e. The fraction of sp³-hybridized carbons (Fsp3) is 0.400. The van der Waals surface area contributed by atoms with E-state index in [1.807, 2.05) is 24.3 Å². The van der Waals surface area contributed by atoms with Crippen LogP contribution in [0.5, 0.6) is 0 Å². The van der Waals surface area contributed by atoms with Gasteiger partial charge < -0.3 is 10.1 Å². The molecule has 1 fully saturated rings. The molecule has 4 nitrogen and oxygen atoms in total. The van der Waals surface area contributed by atoms with Crippen LogP contribution in [0, 0.1) is 0 Å². The van der Waals surface area contributed by atoms with Gasteiger partial charge in [-0.05, 0) is 18.9 Å². The highest BCUT2D eigenvalue weighted by Gasteiger charge is 2.30. The van der Waals surface area contributed by atoms with Crippen LogP contribution < -0.4 is 0 Å². The monoisotopic (exact) mass is 258 g/mol. The summed E-state index contributed by atoms with van der Waals surface area (Å²) in [7, 11) is 0. The first-order valence-corrected chi connectivity index (χ1v) is 6.74. The zero-order chi connectivity index (χ0) is 13.2. The number of carbonyl (C=O) groups is 1. The molecule has 0 atom stereocenters. The summed E-state index contributed by atoms with van der Waals surface area (Å²) in [5.41, 5.74) is 1.74. The fourth-order valence-electron chi connectivity index (χ4n) is 2.53. The van der Waals surface area contributed by atoms with Gasteiger partial charge in [0.05, 0.1) is 13.2 Å². The Bertz CT molecular complexity index is 587. The number of aliphatic hydroxyl groups excluding tert-OH is 1. The molecule has 1 saturated carbocycles. The molecule has 0 saturated heterocycles. The lowest BCUT2D eigenvalue weighted by molar-refractivity contribution is 0.0909. The van der Waals surface area contributed by atoms with Crippen molar-refractivity contribution in [2.24, 2.45) is 0 Å². The summed E-state index contributed by atoms with van der Waals surface area (Å²) in [6, 6.07) is 8.32. The summed E-state index contributed by atoms with van der Waals surface area (Å²) in [4.78, 5) is 17.6. The summed E-state index contributed by atoms with van der Waals surface area (Å²) in [5.74, 6) is 0.123. The van der Waals surface area contributed by atoms with Gasteiger partial charge >= 0.3 is 0 Å². The zero-order valence-corrected chi connectivity index (χ0v) is 10.8. The number of Topliss-reactive ketones (excluding diaryl/α,β-unsaturated/α-hetero) is 1. The Morgan fingerprint density at radius 2 is 2.16 bits per heavy atom. The maximum absolute atomic E-state index is 12.4. The first kappa shape index (κ1) is 12.4. The molecule has 2 N–H and O–H groups in total. The van der Waals surface area contributed by atoms with Gasteiger partial charge in [-0.15, -0.1) is 0 Å². The zero-order valence-electron chi connectivity index (χ0n) is 10.8. The van der Waals surface area contributed by atoms with Crippen LogP contribution in [0.1, 0.15) is 23.2 Å². The molecule has 2 aromatic rings. The molecular formula is C15H18N2O2. The Kier molecular flexibility index (Phi) is 3.36. The van der Waals surface area contributed by atoms with Crippen LogP contribution in [-0.4, -0.2) is 46.5 Å². The lowest BCUT2D eigenvalue weighted by atomic mass is 10.1. The van der Waals surface area contributed by atoms with E-state index in [2.05, 4.69) is 9.88 Å². The van der Waals surface area contributed by atoms with Gasteiger partial charge in [0.1, 0.15) is 0 Å². The van der Waals surface area contributed by atoms with Crippen LogP contribution >= 0.6 is 0 Å². The van der Waals surface area contributed by atoms with Crippen molar-refractivity contribution >= 4 is 16.7 Å². The summed E-state index contributed by atoms with van der Waals surface area (Å²) >= 11 is 0. The number of ketones is 1. The van der Waals surface area contributed by atoms with E-state index >= 15 is 0 Å². The van der Waals surface area contributed by atoms with E-state index < -0.39 is 0 Å². The molecule has 3 rings (SSSR count). The van der Waals surface area contributed by atoms with E-state index in [1.54, 1.807) is 6.20 Å². The van der Waals surface area contributed by atoms with Crippen molar-refractivity contribution in [3.8, 4) is 0 Å². The van der Waals surface area contributed by atoms with Gasteiger partial charge in [-0.1, -0.05) is 18.2 Å². The average Bonchev–Trinajstić information content (AvgIpc) is 3.17. The van der Waals surface area contributed by atoms with Crippen LogP contribution in [-0.2, 0) is 0 Å². The maximum Gasteiger partial charge on any atom is 0.178 e. The Morgan fingerprint density at radius 3 is 2.89 bits per heavy atom. The Balaban J connectivity index is 1.79. The van der Waals surface area contributed by atoms with Crippen LogP contribution in [0.25, 0.3) is 10.9 Å². The van der Waals surface area contributed by atoms with Crippen molar-refractivity contribution in [3.05, 3.63) is 36.0 Å². The van der Waals surface area contributed by atoms with E-state index in [1.165, 1.54) is 0 Å². The molecule has 0 amide bonds. The van der Waals surface area contributed by atoms with Crippen molar-refractivity contribution in [3.63, 3.8) is 0 Å². The number of nitrogens with one attached hydrogen (secondary N) is 1. The molecule has 0 spiro atoms. The second kappa shape index (κ2) is 5.15. The fourth-order valence-corrected chi connectivity index (χ4v) is 2.53. The van der Waals surface area contributed by atoms with Gasteiger partial charge in [0.15, 0.2) is 5.78 Å². The number of nitrogens with zero attached hydrogens (tertiary/aromatic N) is 1. The van der Waals surface area contributed by atoms with Crippen LogP contribution in [0.4, 0.5) is 0 Å². The summed E-state index contributed by atoms with van der Waals surface area (Å²) in [5, 5.41) is 10.0. The van der Waals surface area contributed by atoms with Gasteiger partial charge in [-0.3, -0.25) is 9.69 Å². The lowest BCUT2D eigenvalue weighted by Gasteiger charge is -2.19. The molecular weight excluding hydrogens is 240 g/mol. The topological polar surface area (TPSA) is 56.3 Å². The second-order valence-corrected chi connectivity index (χ2v) is 5.10. The second-order valence-electron chi connectivity index (χ2n) is 5.10. The molecule has 100 valence electrons. The average molecular weight is 258 g/mol. The van der Waals surface area contributed by atoms with Crippen molar-refractivity contribution in [2.45, 2.75) is 18.9 Å². The molecule has 1 heterocycles. The number of fused-ring (bicyclic) bond motifs is 1. The largest absolute Gasteiger partial charge is 0.395 e. The number of aromatic amines is 1. The predicted octanol–water partition coefficient (Wildman–Crippen LogP) is 1.81. The highest BCUT2D eigenvalue weighted by atomic mass is 16.3. The summed E-state index contributed by atoms with van der Waals surface area (Å²) in [6.45, 7) is 1.09. The normalized spacial score (nSPS) is 15.3. The molecule has 1 aromatic heterocycles. The Morgan fingerprint density at radius 1 is 1.37 bits per heavy atom. The number of para-hydroxylation sites is 1. The van der Waals surface area contributed by atoms with Crippen molar-refractivity contribution in [1.29, 1.82) is 0 Å². The molecule has 1 aliphatic rings. The number of carbonyl (C=O) groups excluding carboxylic acids is 1. The molecule has 1 aliphatic carbocycles. The van der Waals surface area contributed by atoms with Crippen LogP contribution in [0.2, 0.25) is 0 Å². The van der Waals surface area contributed by atoms with Gasteiger partial charge in [0, 0.05) is 35.2 Å². The first-order chi connectivity index (χ1) is 9.29. The van der Waals surface area contributed by atoms with Gasteiger partial charge in [0.25, 0.3) is 0 Å². The number of hydrogen-bond donors (Lipinski definition) is 2. The van der Waals surface area contributed by atoms with E-state index in [0.717, 1.165) is 29.3 Å². The lowest BCUT2D eigenvalue weighted by Crippen LogP contribution is -2.34. The van der Waals surface area contributed by atoms with Crippen molar-refractivity contribution in [2.75, 3.05) is 19.7 Å². The molecule has 0 bridgehead atoms. The molecule has 0 radical (unpaired) electrons. The Hall–Kier alpha value is -1.65. The number of hydrogen-bond acceptors (Lipinski definition) is 3. The first-order valence-electron chi connectivity index (χ1n) is 6.74. The maximum atomic E-state index is 12.4. The number of aliphatic hydroxyl groups is 1. The van der Waals surface area contributed by atoms with Crippen LogP contribution in [0.3, 0.4) is 0 Å². The smallest absolute Gasteiger partial charge is 0.178 e. The third kappa shape index (κ3) is 2.55. The minimum absolute atomic E-state index is 0.109. The molecule has 0 unspecified atom stereocenters. The minimum atomic E-state index is 0.109. The third-order valence-electron chi connectivity index (χ3n) is 3.69. The molecule has 19 heavy (non-hydrogen) atoms. The molecule has 1 aromatic carbocycles. The Labute approximate surface area is 112 Å². The van der Waals surface area contributed by atoms with Gasteiger partial charge in [0.2, 0.25) is 0 Å². The standard InChI is InChI=1S/C15H18N2O2/c18-8-7-17(11-5-6-11)10-15(19)13-9-16-14-4-2-1-3-12(13)14/h1-4,9,11,16,18H,5-8,10H2. The highest BCUT2D eigenvalue weighted by Crippen LogP contribution is 2.27. The van der Waals surface area contributed by atoms with E-state index in [0.29, 0.717) is 19.1 Å². The highest BCUT2D eigenvalue weighted by molar-refractivity contribution is 6.08. The van der Waals surface area contributed by atoms with E-state index in [9.17, 15) is 4.79 Å². The molecule has 4 heteroatoms. The number of rotatable bonds is 6. The molecule has 0 aliphatic heterocycles. The van der Waals surface area contributed by atoms with Crippen molar-refractivity contribution in [1.82, 2.24) is 9.88 Å². The quantitative estimate of drug-likeness (QED) is 0.777. The van der Waals surface area contributed by atoms with Crippen molar-refractivity contribution < 1.29 is 9.90 Å². The van der Waals surface area contributed by atoms with Gasteiger partial charge in [-0.25, -0.2) is 0 Å². The number of H-pyrrole nitrogens is 1.